The van der Waals surface area contributed by atoms with Crippen LogP contribution in [0.1, 0.15) is 91.4 Å². The number of carboxylic acids is 2. The normalized spacial score (nSPS) is 27.5. The molecule has 2 aliphatic carbocycles. The average molecular weight is 566 g/mol. The van der Waals surface area contributed by atoms with Gasteiger partial charge in [0.15, 0.2) is 5.78 Å². The number of carbonyl (C=O) groups is 5. The standard InChI is InChI=1S/C28H43N3O9/c1-16(2)26(30-23(33)10-11-24(34)35)21-14-28(3,40-31-21)27(38)29-20(13-25(36)37)22(32)15-39-19-9-8-17-6-4-5-7-18(17)12-19/h16-20,26H,4-15H2,1-3H3,(H,29,38)(H,30,33)(H,34,35)(H,36,37)/t17?,18?,19?,20-,26-,28?/m0/s1. The van der Waals surface area contributed by atoms with E-state index in [9.17, 15) is 29.1 Å². The van der Waals surface area contributed by atoms with Crippen LogP contribution in [0.2, 0.25) is 0 Å². The van der Waals surface area contributed by atoms with Crippen molar-refractivity contribution in [2.75, 3.05) is 6.61 Å². The van der Waals surface area contributed by atoms with Crippen LogP contribution >= 0.6 is 0 Å². The quantitative estimate of drug-likeness (QED) is 0.246. The lowest BCUT2D eigenvalue weighted by atomic mass is 9.70. The largest absolute Gasteiger partial charge is 0.481 e. The van der Waals surface area contributed by atoms with Crippen LogP contribution in [0.25, 0.3) is 0 Å². The van der Waals surface area contributed by atoms with Crippen molar-refractivity contribution in [2.24, 2.45) is 22.9 Å². The minimum Gasteiger partial charge on any atom is -0.481 e. The van der Waals surface area contributed by atoms with Crippen molar-refractivity contribution >= 4 is 35.2 Å². The summed E-state index contributed by atoms with van der Waals surface area (Å²) in [6, 6.07) is -1.89. The van der Waals surface area contributed by atoms with Gasteiger partial charge in [-0.1, -0.05) is 44.7 Å². The third-order valence-electron chi connectivity index (χ3n) is 8.30. The van der Waals surface area contributed by atoms with Gasteiger partial charge < -0.3 is 30.4 Å². The molecule has 4 unspecified atom stereocenters. The maximum atomic E-state index is 13.2. The van der Waals surface area contributed by atoms with Crippen LogP contribution in [0.15, 0.2) is 5.16 Å². The number of Topliss-reactive ketones (excluding diaryl/α,β-unsaturated/α-hetero) is 1. The molecule has 3 aliphatic rings. The highest BCUT2D eigenvalue weighted by Crippen LogP contribution is 2.41. The Bertz CT molecular complexity index is 998. The Morgan fingerprint density at radius 2 is 1.70 bits per heavy atom. The smallest absolute Gasteiger partial charge is 0.305 e. The molecular formula is C28H43N3O9. The number of aliphatic carboxylic acids is 2. The lowest BCUT2D eigenvalue weighted by molar-refractivity contribution is -0.147. The first-order valence-corrected chi connectivity index (χ1v) is 14.3. The van der Waals surface area contributed by atoms with Crippen molar-refractivity contribution in [1.29, 1.82) is 0 Å². The van der Waals surface area contributed by atoms with Gasteiger partial charge in [-0.15, -0.1) is 0 Å². The van der Waals surface area contributed by atoms with Gasteiger partial charge in [0.25, 0.3) is 5.91 Å². The van der Waals surface area contributed by atoms with E-state index in [1.807, 2.05) is 13.8 Å². The summed E-state index contributed by atoms with van der Waals surface area (Å²) < 4.78 is 5.91. The molecule has 2 saturated carbocycles. The highest BCUT2D eigenvalue weighted by atomic mass is 16.7. The summed E-state index contributed by atoms with van der Waals surface area (Å²) in [5.41, 5.74) is -1.13. The van der Waals surface area contributed by atoms with Gasteiger partial charge in [-0.25, -0.2) is 0 Å². The number of carbonyl (C=O) groups excluding carboxylic acids is 3. The fraction of sp³-hybridized carbons (Fsp3) is 0.786. The Morgan fingerprint density at radius 3 is 2.35 bits per heavy atom. The molecule has 3 rings (SSSR count). The van der Waals surface area contributed by atoms with Gasteiger partial charge in [0, 0.05) is 12.8 Å². The summed E-state index contributed by atoms with van der Waals surface area (Å²) in [4.78, 5) is 66.2. The summed E-state index contributed by atoms with van der Waals surface area (Å²) in [5.74, 6) is -2.80. The number of ether oxygens (including phenoxy) is 1. The van der Waals surface area contributed by atoms with Gasteiger partial charge >= 0.3 is 11.9 Å². The highest BCUT2D eigenvalue weighted by molar-refractivity contribution is 6.01. The number of rotatable bonds is 14. The van der Waals surface area contributed by atoms with Gasteiger partial charge in [0.05, 0.1) is 30.7 Å². The zero-order valence-electron chi connectivity index (χ0n) is 23.6. The van der Waals surface area contributed by atoms with E-state index in [2.05, 4.69) is 15.8 Å². The average Bonchev–Trinajstić information content (AvgIpc) is 3.31. The molecule has 224 valence electrons. The summed E-state index contributed by atoms with van der Waals surface area (Å²) in [6.45, 7) is 4.87. The number of hydrogen-bond acceptors (Lipinski definition) is 8. The van der Waals surface area contributed by atoms with Crippen LogP contribution in [0, 0.1) is 17.8 Å². The Kier molecular flexibility index (Phi) is 11.1. The van der Waals surface area contributed by atoms with Crippen LogP contribution in [0.3, 0.4) is 0 Å². The minimum atomic E-state index is -1.52. The zero-order valence-corrected chi connectivity index (χ0v) is 23.6. The molecule has 12 nitrogen and oxygen atoms in total. The van der Waals surface area contributed by atoms with E-state index in [0.717, 1.165) is 25.2 Å². The second kappa shape index (κ2) is 14.0. The first-order valence-electron chi connectivity index (χ1n) is 14.3. The fourth-order valence-corrected chi connectivity index (χ4v) is 5.97. The fourth-order valence-electron chi connectivity index (χ4n) is 5.97. The second-order valence-electron chi connectivity index (χ2n) is 11.9. The molecule has 2 fully saturated rings. The first-order chi connectivity index (χ1) is 18.9. The van der Waals surface area contributed by atoms with Gasteiger partial charge in [0.1, 0.15) is 12.6 Å². The SMILES string of the molecule is CC(C)[C@H](NC(=O)CCC(=O)O)C1=NOC(C)(C(=O)N[C@@H](CC(=O)O)C(=O)COC2CCC3CCCCC3C2)C1. The third kappa shape index (κ3) is 8.74. The van der Waals surface area contributed by atoms with Crippen molar-refractivity contribution in [2.45, 2.75) is 115 Å². The Morgan fingerprint density at radius 1 is 1.00 bits per heavy atom. The monoisotopic (exact) mass is 565 g/mol. The predicted octanol–water partition coefficient (Wildman–Crippen LogP) is 2.43. The summed E-state index contributed by atoms with van der Waals surface area (Å²) in [6.07, 6.45) is 6.63. The first kappa shape index (κ1) is 31.5. The minimum absolute atomic E-state index is 0.00397. The molecule has 0 spiro atoms. The summed E-state index contributed by atoms with van der Waals surface area (Å²) in [5, 5.41) is 27.5. The Labute approximate surface area is 234 Å². The van der Waals surface area contributed by atoms with Crippen molar-refractivity contribution in [3.05, 3.63) is 0 Å². The van der Waals surface area contributed by atoms with E-state index in [1.54, 1.807) is 0 Å². The summed E-state index contributed by atoms with van der Waals surface area (Å²) >= 11 is 0. The molecule has 0 bridgehead atoms. The van der Waals surface area contributed by atoms with Crippen LogP contribution in [0.4, 0.5) is 0 Å². The molecule has 0 saturated heterocycles. The number of hydrogen-bond donors (Lipinski definition) is 4. The number of nitrogens with one attached hydrogen (secondary N) is 2. The van der Waals surface area contributed by atoms with E-state index >= 15 is 0 Å². The molecule has 0 aromatic rings. The predicted molar refractivity (Wildman–Crippen MR) is 143 cm³/mol. The molecule has 0 aromatic heterocycles. The number of carboxylic acid groups (broad SMARTS) is 2. The molecule has 0 aromatic carbocycles. The van der Waals surface area contributed by atoms with Crippen LogP contribution < -0.4 is 10.6 Å². The van der Waals surface area contributed by atoms with Gasteiger partial charge in [-0.2, -0.15) is 0 Å². The summed E-state index contributed by atoms with van der Waals surface area (Å²) in [7, 11) is 0. The lowest BCUT2D eigenvalue weighted by Crippen LogP contribution is -2.53. The maximum Gasteiger partial charge on any atom is 0.305 e. The van der Waals surface area contributed by atoms with E-state index < -0.39 is 53.6 Å². The molecule has 4 N–H and O–H groups in total. The molecule has 6 atom stereocenters. The lowest BCUT2D eigenvalue weighted by Gasteiger charge is -2.39. The second-order valence-corrected chi connectivity index (χ2v) is 11.9. The number of ketones is 1. The molecule has 0 radical (unpaired) electrons. The van der Waals surface area contributed by atoms with Gasteiger partial charge in [-0.05, 0) is 43.9 Å². The number of amides is 2. The molecule has 40 heavy (non-hydrogen) atoms. The van der Waals surface area contributed by atoms with Crippen molar-refractivity contribution in [3.8, 4) is 0 Å². The molecule has 1 aliphatic heterocycles. The van der Waals surface area contributed by atoms with E-state index in [1.165, 1.54) is 32.6 Å². The van der Waals surface area contributed by atoms with Gasteiger partial charge in [-0.3, -0.25) is 24.0 Å². The van der Waals surface area contributed by atoms with E-state index in [0.29, 0.717) is 11.6 Å². The Hall–Kier alpha value is -3.02. The molecule has 1 heterocycles. The van der Waals surface area contributed by atoms with Crippen LogP contribution in [-0.2, 0) is 33.5 Å². The number of oxime groups is 1. The Balaban J connectivity index is 1.56. The molecule has 12 heteroatoms. The highest BCUT2D eigenvalue weighted by Gasteiger charge is 2.46. The van der Waals surface area contributed by atoms with Crippen molar-refractivity contribution in [3.63, 3.8) is 0 Å². The van der Waals surface area contributed by atoms with Crippen molar-refractivity contribution in [1.82, 2.24) is 10.6 Å². The third-order valence-corrected chi connectivity index (χ3v) is 8.30. The topological polar surface area (TPSA) is 181 Å². The van der Waals surface area contributed by atoms with Gasteiger partial charge in [0.2, 0.25) is 11.5 Å². The molecular weight excluding hydrogens is 522 g/mol. The molecule has 2 amide bonds. The van der Waals surface area contributed by atoms with E-state index in [4.69, 9.17) is 14.7 Å². The number of nitrogens with zero attached hydrogens (tertiary/aromatic N) is 1. The zero-order chi connectivity index (χ0) is 29.4. The number of fused-ring (bicyclic) bond motifs is 1. The van der Waals surface area contributed by atoms with E-state index in [-0.39, 0.29) is 37.9 Å². The van der Waals surface area contributed by atoms with Crippen molar-refractivity contribution < 1.29 is 43.8 Å². The van der Waals surface area contributed by atoms with Crippen LogP contribution in [-0.4, -0.2) is 75.9 Å². The maximum absolute atomic E-state index is 13.2. The van der Waals surface area contributed by atoms with Crippen LogP contribution in [0.5, 0.6) is 0 Å².